The summed E-state index contributed by atoms with van der Waals surface area (Å²) in [5.74, 6) is 1.54. The van der Waals surface area contributed by atoms with E-state index < -0.39 is 0 Å². The number of aromatic nitrogens is 2. The lowest BCUT2D eigenvalue weighted by molar-refractivity contribution is 0.0643. The van der Waals surface area contributed by atoms with Crippen molar-refractivity contribution in [2.75, 3.05) is 50.7 Å². The molecule has 0 aliphatic carbocycles. The summed E-state index contributed by atoms with van der Waals surface area (Å²) < 4.78 is 5.85. The molecular formula is C19H27N5O2. The van der Waals surface area contributed by atoms with Crippen LogP contribution in [0.3, 0.4) is 0 Å². The van der Waals surface area contributed by atoms with E-state index >= 15 is 0 Å². The molecule has 0 spiro atoms. The van der Waals surface area contributed by atoms with Gasteiger partial charge in [-0.1, -0.05) is 6.92 Å². The molecule has 0 saturated carbocycles. The molecule has 0 N–H and O–H groups in total. The summed E-state index contributed by atoms with van der Waals surface area (Å²) in [6.07, 6.45) is 5.11. The van der Waals surface area contributed by atoms with E-state index in [9.17, 15) is 4.79 Å². The van der Waals surface area contributed by atoms with Crippen LogP contribution in [0, 0.1) is 6.92 Å². The lowest BCUT2D eigenvalue weighted by Crippen LogP contribution is -2.48. The van der Waals surface area contributed by atoms with Crippen LogP contribution in [0.15, 0.2) is 10.7 Å². The van der Waals surface area contributed by atoms with E-state index in [4.69, 9.17) is 4.42 Å². The van der Waals surface area contributed by atoms with Crippen molar-refractivity contribution in [1.29, 1.82) is 0 Å². The summed E-state index contributed by atoms with van der Waals surface area (Å²) in [7, 11) is 0. The van der Waals surface area contributed by atoms with E-state index in [1.54, 1.807) is 6.33 Å². The van der Waals surface area contributed by atoms with Crippen LogP contribution in [0.4, 0.5) is 5.82 Å². The van der Waals surface area contributed by atoms with Gasteiger partial charge in [0, 0.05) is 39.3 Å². The van der Waals surface area contributed by atoms with Gasteiger partial charge >= 0.3 is 0 Å². The van der Waals surface area contributed by atoms with Gasteiger partial charge in [-0.2, -0.15) is 0 Å². The molecule has 0 atom stereocenters. The summed E-state index contributed by atoms with van der Waals surface area (Å²) in [5, 5.41) is 0.787. The Morgan fingerprint density at radius 1 is 1.08 bits per heavy atom. The topological polar surface area (TPSA) is 65.7 Å². The number of hydrogen-bond donors (Lipinski definition) is 0. The molecule has 0 radical (unpaired) electrons. The maximum Gasteiger partial charge on any atom is 0.258 e. The molecule has 7 heteroatoms. The smallest absolute Gasteiger partial charge is 0.258 e. The molecule has 0 unspecified atom stereocenters. The Bertz CT molecular complexity index is 789. The van der Waals surface area contributed by atoms with Crippen molar-refractivity contribution in [3.05, 3.63) is 17.7 Å². The lowest BCUT2D eigenvalue weighted by Gasteiger charge is -2.34. The first kappa shape index (κ1) is 17.3. The quantitative estimate of drug-likeness (QED) is 0.840. The van der Waals surface area contributed by atoms with Crippen molar-refractivity contribution in [3.63, 3.8) is 0 Å². The largest absolute Gasteiger partial charge is 0.442 e. The Hall–Kier alpha value is -2.15. The number of carbonyl (C=O) groups is 1. The molecule has 4 rings (SSSR count). The number of likely N-dealkylation sites (N-methyl/N-ethyl adjacent to an activating group) is 1. The number of nitrogens with zero attached hydrogens (tertiary/aromatic N) is 5. The van der Waals surface area contributed by atoms with Gasteiger partial charge in [0.15, 0.2) is 0 Å². The zero-order valence-corrected chi connectivity index (χ0v) is 15.7. The highest BCUT2D eigenvalue weighted by Gasteiger charge is 2.30. The second-order valence-corrected chi connectivity index (χ2v) is 7.18. The van der Waals surface area contributed by atoms with Crippen LogP contribution in [0.5, 0.6) is 0 Å². The van der Waals surface area contributed by atoms with Gasteiger partial charge in [-0.15, -0.1) is 0 Å². The van der Waals surface area contributed by atoms with Gasteiger partial charge in [0.2, 0.25) is 5.71 Å². The average molecular weight is 357 g/mol. The first-order chi connectivity index (χ1) is 12.7. The Balaban J connectivity index is 1.70. The fourth-order valence-electron chi connectivity index (χ4n) is 4.06. The third-order valence-electron chi connectivity index (χ3n) is 5.62. The number of aryl methyl sites for hydroxylation is 1. The fraction of sp³-hybridized carbons (Fsp3) is 0.632. The SMILES string of the molecule is CCN1CCN(C(=O)c2c(C)oc3ncnc(N4CCCCC4)c23)CC1. The fourth-order valence-corrected chi connectivity index (χ4v) is 4.06. The van der Waals surface area contributed by atoms with Crippen LogP contribution in [0.25, 0.3) is 11.1 Å². The van der Waals surface area contributed by atoms with Crippen LogP contribution in [0.2, 0.25) is 0 Å². The first-order valence-corrected chi connectivity index (χ1v) is 9.69. The van der Waals surface area contributed by atoms with Crippen molar-refractivity contribution in [1.82, 2.24) is 19.8 Å². The molecule has 2 aromatic heterocycles. The molecule has 1 amide bonds. The minimum Gasteiger partial charge on any atom is -0.442 e. The molecule has 2 saturated heterocycles. The molecular weight excluding hydrogens is 330 g/mol. The third-order valence-corrected chi connectivity index (χ3v) is 5.62. The Morgan fingerprint density at radius 2 is 1.81 bits per heavy atom. The Kier molecular flexibility index (Phi) is 4.80. The zero-order valence-electron chi connectivity index (χ0n) is 15.7. The molecule has 2 fully saturated rings. The monoisotopic (exact) mass is 357 g/mol. The number of carbonyl (C=O) groups excluding carboxylic acids is 1. The molecule has 26 heavy (non-hydrogen) atoms. The summed E-state index contributed by atoms with van der Waals surface area (Å²) in [4.78, 5) is 28.7. The van der Waals surface area contributed by atoms with E-state index in [-0.39, 0.29) is 5.91 Å². The van der Waals surface area contributed by atoms with E-state index in [1.165, 1.54) is 6.42 Å². The molecule has 2 aliphatic heterocycles. The zero-order chi connectivity index (χ0) is 18.1. The van der Waals surface area contributed by atoms with Crippen LogP contribution < -0.4 is 4.90 Å². The van der Waals surface area contributed by atoms with Crippen molar-refractivity contribution in [2.45, 2.75) is 33.1 Å². The normalized spacial score (nSPS) is 19.3. The van der Waals surface area contributed by atoms with Crippen molar-refractivity contribution >= 4 is 22.8 Å². The van der Waals surface area contributed by atoms with Gasteiger partial charge in [-0.05, 0) is 32.7 Å². The average Bonchev–Trinajstić information content (AvgIpc) is 3.04. The van der Waals surface area contributed by atoms with Gasteiger partial charge < -0.3 is 19.1 Å². The number of anilines is 1. The molecule has 140 valence electrons. The highest BCUT2D eigenvalue weighted by atomic mass is 16.3. The van der Waals surface area contributed by atoms with Gasteiger partial charge in [0.1, 0.15) is 17.9 Å². The minimum absolute atomic E-state index is 0.0464. The maximum atomic E-state index is 13.3. The predicted octanol–water partition coefficient (Wildman–Crippen LogP) is 2.30. The number of rotatable bonds is 3. The number of furan rings is 1. The van der Waals surface area contributed by atoms with E-state index in [1.807, 2.05) is 11.8 Å². The highest BCUT2D eigenvalue weighted by molar-refractivity contribution is 6.10. The molecule has 7 nitrogen and oxygen atoms in total. The van der Waals surface area contributed by atoms with Gasteiger partial charge in [0.25, 0.3) is 5.91 Å². The standard InChI is InChI=1S/C19H27N5O2/c1-3-22-9-11-24(12-10-22)19(25)15-14(2)26-18-16(15)17(20-13-21-18)23-7-5-4-6-8-23/h13H,3-12H2,1-2H3. The van der Waals surface area contributed by atoms with Crippen molar-refractivity contribution < 1.29 is 9.21 Å². The molecule has 2 aliphatic rings. The van der Waals surface area contributed by atoms with E-state index in [2.05, 4.69) is 26.7 Å². The van der Waals surface area contributed by atoms with Gasteiger partial charge in [-0.3, -0.25) is 4.79 Å². The molecule has 0 bridgehead atoms. The molecule has 0 aromatic carbocycles. The van der Waals surface area contributed by atoms with Crippen molar-refractivity contribution in [3.8, 4) is 0 Å². The first-order valence-electron chi connectivity index (χ1n) is 9.69. The second-order valence-electron chi connectivity index (χ2n) is 7.18. The predicted molar refractivity (Wildman–Crippen MR) is 101 cm³/mol. The summed E-state index contributed by atoms with van der Waals surface area (Å²) in [6, 6.07) is 0. The number of amides is 1. The summed E-state index contributed by atoms with van der Waals surface area (Å²) in [5.41, 5.74) is 1.17. The second kappa shape index (κ2) is 7.23. The minimum atomic E-state index is 0.0464. The van der Waals surface area contributed by atoms with Gasteiger partial charge in [-0.25, -0.2) is 9.97 Å². The van der Waals surface area contributed by atoms with E-state index in [0.29, 0.717) is 17.0 Å². The number of fused-ring (bicyclic) bond motifs is 1. The molecule has 2 aromatic rings. The summed E-state index contributed by atoms with van der Waals surface area (Å²) in [6.45, 7) is 10.3. The van der Waals surface area contributed by atoms with E-state index in [0.717, 1.165) is 69.9 Å². The van der Waals surface area contributed by atoms with Crippen LogP contribution in [0.1, 0.15) is 42.3 Å². The molecule has 4 heterocycles. The Morgan fingerprint density at radius 3 is 2.50 bits per heavy atom. The van der Waals surface area contributed by atoms with Crippen molar-refractivity contribution in [2.24, 2.45) is 0 Å². The maximum absolute atomic E-state index is 13.3. The summed E-state index contributed by atoms with van der Waals surface area (Å²) >= 11 is 0. The van der Waals surface area contributed by atoms with Crippen LogP contribution >= 0.6 is 0 Å². The van der Waals surface area contributed by atoms with Crippen LogP contribution in [-0.4, -0.2) is 71.5 Å². The lowest BCUT2D eigenvalue weighted by atomic mass is 10.1. The number of piperazine rings is 1. The van der Waals surface area contributed by atoms with Gasteiger partial charge in [0.05, 0.1) is 10.9 Å². The highest BCUT2D eigenvalue weighted by Crippen LogP contribution is 2.33. The third kappa shape index (κ3) is 3.05. The Labute approximate surface area is 154 Å². The van der Waals surface area contributed by atoms with Crippen LogP contribution in [-0.2, 0) is 0 Å². The number of hydrogen-bond acceptors (Lipinski definition) is 6. The number of piperidine rings is 1.